The van der Waals surface area contributed by atoms with Gasteiger partial charge in [0.1, 0.15) is 0 Å². The second kappa shape index (κ2) is 5.75. The van der Waals surface area contributed by atoms with Gasteiger partial charge in [-0.15, -0.1) is 0 Å². The van der Waals surface area contributed by atoms with E-state index in [-0.39, 0.29) is 12.6 Å². The van der Waals surface area contributed by atoms with Crippen LogP contribution < -0.4 is 10.6 Å². The molecule has 1 heterocycles. The van der Waals surface area contributed by atoms with Crippen molar-refractivity contribution in [1.82, 2.24) is 4.98 Å². The molecule has 0 saturated heterocycles. The predicted molar refractivity (Wildman–Crippen MR) is 60.7 cm³/mol. The summed E-state index contributed by atoms with van der Waals surface area (Å²) in [5.74, 6) is 0. The fourth-order valence-electron chi connectivity index (χ4n) is 1.36. The molecular weight excluding hydrogens is 212 g/mol. The lowest BCUT2D eigenvalue weighted by molar-refractivity contribution is 0.156. The number of nitrogens with two attached hydrogens (primary N) is 1. The Morgan fingerprint density at radius 1 is 1.44 bits per heavy atom. The van der Waals surface area contributed by atoms with Crippen molar-refractivity contribution in [3.63, 3.8) is 0 Å². The van der Waals surface area contributed by atoms with E-state index in [9.17, 15) is 8.78 Å². The van der Waals surface area contributed by atoms with Gasteiger partial charge in [-0.1, -0.05) is 6.92 Å². The molecule has 1 rings (SSSR count). The van der Waals surface area contributed by atoms with Crippen molar-refractivity contribution in [2.45, 2.75) is 25.8 Å². The molecule has 0 aliphatic rings. The summed E-state index contributed by atoms with van der Waals surface area (Å²) in [6, 6.07) is 3.46. The zero-order chi connectivity index (χ0) is 12.1. The van der Waals surface area contributed by atoms with Gasteiger partial charge in [0.05, 0.1) is 24.1 Å². The van der Waals surface area contributed by atoms with Gasteiger partial charge in [-0.25, -0.2) is 8.78 Å². The lowest BCUT2D eigenvalue weighted by atomic mass is 10.1. The topological polar surface area (TPSA) is 42.1 Å². The van der Waals surface area contributed by atoms with Gasteiger partial charge in [0.25, 0.3) is 6.43 Å². The van der Waals surface area contributed by atoms with Crippen LogP contribution >= 0.6 is 0 Å². The normalized spacial score (nSPS) is 12.9. The van der Waals surface area contributed by atoms with E-state index in [1.54, 1.807) is 25.4 Å². The fraction of sp³-hybridized carbons (Fsp3) is 0.545. The third-order valence-corrected chi connectivity index (χ3v) is 2.44. The van der Waals surface area contributed by atoms with E-state index in [0.717, 1.165) is 12.1 Å². The van der Waals surface area contributed by atoms with Gasteiger partial charge in [-0.3, -0.25) is 4.98 Å². The van der Waals surface area contributed by atoms with E-state index >= 15 is 0 Å². The Bertz CT molecular complexity index is 314. The van der Waals surface area contributed by atoms with Crippen LogP contribution in [-0.4, -0.2) is 25.0 Å². The van der Waals surface area contributed by atoms with Crippen LogP contribution in [0.2, 0.25) is 0 Å². The van der Waals surface area contributed by atoms with E-state index in [1.807, 2.05) is 6.92 Å². The van der Waals surface area contributed by atoms with Gasteiger partial charge in [-0.05, 0) is 18.6 Å². The molecule has 0 aromatic carbocycles. The molecule has 0 fully saturated rings. The molecule has 0 unspecified atom stereocenters. The highest BCUT2D eigenvalue weighted by molar-refractivity contribution is 5.43. The summed E-state index contributed by atoms with van der Waals surface area (Å²) in [7, 11) is 1.61. The molecule has 0 amide bonds. The third kappa shape index (κ3) is 3.41. The van der Waals surface area contributed by atoms with Crippen molar-refractivity contribution in [3.8, 4) is 0 Å². The first-order chi connectivity index (χ1) is 7.54. The summed E-state index contributed by atoms with van der Waals surface area (Å²) in [6.07, 6.45) is 0.0366. The number of alkyl halides is 2. The molecule has 2 N–H and O–H groups in total. The van der Waals surface area contributed by atoms with Crippen LogP contribution in [0.25, 0.3) is 0 Å². The minimum absolute atomic E-state index is 0.0885. The molecule has 90 valence electrons. The molecule has 1 aromatic rings. The second-order valence-corrected chi connectivity index (χ2v) is 3.73. The molecule has 0 aliphatic heterocycles. The van der Waals surface area contributed by atoms with E-state index in [1.165, 1.54) is 4.90 Å². The van der Waals surface area contributed by atoms with Gasteiger partial charge in [0.2, 0.25) is 0 Å². The molecule has 0 bridgehead atoms. The van der Waals surface area contributed by atoms with Crippen molar-refractivity contribution in [2.24, 2.45) is 5.73 Å². The lowest BCUT2D eigenvalue weighted by Gasteiger charge is -2.19. The number of hydrogen-bond donors (Lipinski definition) is 1. The van der Waals surface area contributed by atoms with Crippen molar-refractivity contribution >= 4 is 5.69 Å². The molecule has 0 spiro atoms. The Balaban J connectivity index is 2.70. The summed E-state index contributed by atoms with van der Waals surface area (Å²) < 4.78 is 24.3. The van der Waals surface area contributed by atoms with Crippen LogP contribution in [0.15, 0.2) is 18.3 Å². The van der Waals surface area contributed by atoms with Gasteiger partial charge in [0, 0.05) is 13.1 Å². The Hall–Kier alpha value is -1.23. The van der Waals surface area contributed by atoms with Gasteiger partial charge < -0.3 is 10.6 Å². The molecule has 3 nitrogen and oxygen atoms in total. The van der Waals surface area contributed by atoms with Crippen LogP contribution in [-0.2, 0) is 0 Å². The number of nitrogens with zero attached hydrogens (tertiary/aromatic N) is 2. The van der Waals surface area contributed by atoms with Gasteiger partial charge in [-0.2, -0.15) is 0 Å². The van der Waals surface area contributed by atoms with E-state index in [0.29, 0.717) is 5.69 Å². The summed E-state index contributed by atoms with van der Waals surface area (Å²) >= 11 is 0. The van der Waals surface area contributed by atoms with E-state index in [4.69, 9.17) is 5.73 Å². The highest BCUT2D eigenvalue weighted by Gasteiger charge is 2.10. The van der Waals surface area contributed by atoms with E-state index < -0.39 is 6.43 Å². The van der Waals surface area contributed by atoms with E-state index in [2.05, 4.69) is 4.98 Å². The second-order valence-electron chi connectivity index (χ2n) is 3.73. The standard InChI is InChI=1S/C11H17F2N3/c1-3-9(14)10-5-4-8(6-15-10)16(2)7-11(12)13/h4-6,9,11H,3,7,14H2,1-2H3/t9-/m0/s1. The number of aromatic nitrogens is 1. The Morgan fingerprint density at radius 2 is 2.12 bits per heavy atom. The van der Waals surface area contributed by atoms with Crippen molar-refractivity contribution in [1.29, 1.82) is 0 Å². The van der Waals surface area contributed by atoms with Crippen LogP contribution in [0.3, 0.4) is 0 Å². The Kier molecular flexibility index (Phi) is 4.61. The lowest BCUT2D eigenvalue weighted by Crippen LogP contribution is -2.24. The summed E-state index contributed by atoms with van der Waals surface area (Å²) in [5, 5.41) is 0. The van der Waals surface area contributed by atoms with Gasteiger partial charge >= 0.3 is 0 Å². The first-order valence-corrected chi connectivity index (χ1v) is 5.25. The average Bonchev–Trinajstić information content (AvgIpc) is 2.27. The number of anilines is 1. The number of hydrogen-bond acceptors (Lipinski definition) is 3. The maximum atomic E-state index is 12.2. The predicted octanol–water partition coefficient (Wildman–Crippen LogP) is 2.19. The van der Waals surface area contributed by atoms with Crippen LogP contribution in [0, 0.1) is 0 Å². The smallest absolute Gasteiger partial charge is 0.255 e. The molecule has 0 aliphatic carbocycles. The molecule has 16 heavy (non-hydrogen) atoms. The highest BCUT2D eigenvalue weighted by atomic mass is 19.3. The summed E-state index contributed by atoms with van der Waals surface area (Å²) in [4.78, 5) is 5.64. The Labute approximate surface area is 94.3 Å². The summed E-state index contributed by atoms with van der Waals surface area (Å²) in [5.41, 5.74) is 7.27. The number of halogens is 2. The minimum Gasteiger partial charge on any atom is -0.368 e. The quantitative estimate of drug-likeness (QED) is 0.841. The zero-order valence-electron chi connectivity index (χ0n) is 9.53. The van der Waals surface area contributed by atoms with Crippen molar-refractivity contribution < 1.29 is 8.78 Å². The fourth-order valence-corrected chi connectivity index (χ4v) is 1.36. The number of pyridine rings is 1. The monoisotopic (exact) mass is 229 g/mol. The van der Waals surface area contributed by atoms with Crippen LogP contribution in [0.1, 0.15) is 25.1 Å². The largest absolute Gasteiger partial charge is 0.368 e. The van der Waals surface area contributed by atoms with Crippen LogP contribution in [0.4, 0.5) is 14.5 Å². The average molecular weight is 229 g/mol. The molecule has 0 radical (unpaired) electrons. The van der Waals surface area contributed by atoms with Crippen molar-refractivity contribution in [2.75, 3.05) is 18.5 Å². The molecular formula is C11H17F2N3. The first-order valence-electron chi connectivity index (χ1n) is 5.25. The highest BCUT2D eigenvalue weighted by Crippen LogP contribution is 2.16. The maximum Gasteiger partial charge on any atom is 0.255 e. The zero-order valence-corrected chi connectivity index (χ0v) is 9.53. The van der Waals surface area contributed by atoms with Crippen LogP contribution in [0.5, 0.6) is 0 Å². The molecule has 1 atom stereocenters. The molecule has 0 saturated carbocycles. The summed E-state index contributed by atoms with van der Waals surface area (Å²) in [6.45, 7) is 1.68. The first kappa shape index (κ1) is 12.8. The molecule has 5 heteroatoms. The molecule has 1 aromatic heterocycles. The van der Waals surface area contributed by atoms with Crippen molar-refractivity contribution in [3.05, 3.63) is 24.0 Å². The maximum absolute atomic E-state index is 12.2. The Morgan fingerprint density at radius 3 is 2.56 bits per heavy atom. The van der Waals surface area contributed by atoms with Gasteiger partial charge in [0.15, 0.2) is 0 Å². The third-order valence-electron chi connectivity index (χ3n) is 2.44. The number of rotatable bonds is 5. The minimum atomic E-state index is -2.34. The SMILES string of the molecule is CC[C@H](N)c1ccc(N(C)CC(F)F)cn1.